The molecule has 0 aliphatic heterocycles. The fourth-order valence-corrected chi connectivity index (χ4v) is 1.79. The normalized spacial score (nSPS) is 10.6. The minimum atomic E-state index is -2.42. The smallest absolute Gasteiger partial charge is 0.205 e. The lowest BCUT2D eigenvalue weighted by Gasteiger charge is -2.01. The summed E-state index contributed by atoms with van der Waals surface area (Å²) >= 11 is 7.41. The average Bonchev–Trinajstić information content (AvgIpc) is 1.85. The SMILES string of the molecule is FC(F)c1ccc(Cl)cc1I. The van der Waals surface area contributed by atoms with E-state index in [-0.39, 0.29) is 5.56 Å². The van der Waals surface area contributed by atoms with Gasteiger partial charge in [0.05, 0.1) is 0 Å². The lowest BCUT2D eigenvalue weighted by atomic mass is 10.2. The third kappa shape index (κ3) is 2.27. The Balaban J connectivity index is 3.09. The number of hydrogen-bond acceptors (Lipinski definition) is 0. The van der Waals surface area contributed by atoms with E-state index in [0.29, 0.717) is 8.59 Å². The van der Waals surface area contributed by atoms with Gasteiger partial charge in [-0.15, -0.1) is 0 Å². The second-order valence-corrected chi connectivity index (χ2v) is 3.57. The molecule has 1 aromatic rings. The molecule has 0 N–H and O–H groups in total. The monoisotopic (exact) mass is 288 g/mol. The molecule has 0 saturated heterocycles. The molecule has 0 nitrogen and oxygen atoms in total. The van der Waals surface area contributed by atoms with Gasteiger partial charge in [0.2, 0.25) is 0 Å². The molecule has 1 aromatic carbocycles. The van der Waals surface area contributed by atoms with Crippen molar-refractivity contribution in [1.82, 2.24) is 0 Å². The topological polar surface area (TPSA) is 0 Å². The zero-order valence-electron chi connectivity index (χ0n) is 5.32. The van der Waals surface area contributed by atoms with Crippen molar-refractivity contribution in [2.45, 2.75) is 6.43 Å². The molecule has 0 amide bonds. The van der Waals surface area contributed by atoms with Crippen LogP contribution >= 0.6 is 34.2 Å². The Kier molecular flexibility index (Phi) is 3.06. The van der Waals surface area contributed by atoms with E-state index in [1.54, 1.807) is 0 Å². The minimum Gasteiger partial charge on any atom is -0.205 e. The van der Waals surface area contributed by atoms with Crippen LogP contribution in [0, 0.1) is 3.57 Å². The van der Waals surface area contributed by atoms with E-state index in [1.165, 1.54) is 18.2 Å². The van der Waals surface area contributed by atoms with Crippen molar-refractivity contribution in [3.63, 3.8) is 0 Å². The molecule has 0 heterocycles. The van der Waals surface area contributed by atoms with Gasteiger partial charge in [0.25, 0.3) is 6.43 Å². The van der Waals surface area contributed by atoms with Crippen LogP contribution < -0.4 is 0 Å². The van der Waals surface area contributed by atoms with Gasteiger partial charge in [0.15, 0.2) is 0 Å². The first-order valence-corrected chi connectivity index (χ1v) is 4.30. The molecule has 0 atom stereocenters. The summed E-state index contributed by atoms with van der Waals surface area (Å²) in [5, 5.41) is 0.485. The molecule has 0 unspecified atom stereocenters. The van der Waals surface area contributed by atoms with Crippen LogP contribution in [0.25, 0.3) is 0 Å². The summed E-state index contributed by atoms with van der Waals surface area (Å²) < 4.78 is 24.7. The molecule has 0 saturated carbocycles. The van der Waals surface area contributed by atoms with Gasteiger partial charge in [0.1, 0.15) is 0 Å². The van der Waals surface area contributed by atoms with E-state index in [0.717, 1.165) is 0 Å². The molecule has 4 heteroatoms. The van der Waals surface area contributed by atoms with E-state index >= 15 is 0 Å². The lowest BCUT2D eigenvalue weighted by Crippen LogP contribution is -1.87. The van der Waals surface area contributed by atoms with Crippen molar-refractivity contribution in [2.75, 3.05) is 0 Å². The van der Waals surface area contributed by atoms with Crippen molar-refractivity contribution < 1.29 is 8.78 Å². The number of halogens is 4. The molecule has 0 aliphatic rings. The number of rotatable bonds is 1. The number of alkyl halides is 2. The quantitative estimate of drug-likeness (QED) is 0.688. The molecule has 0 aromatic heterocycles. The van der Waals surface area contributed by atoms with Crippen LogP contribution in [0.2, 0.25) is 5.02 Å². The molecular formula is C7H4ClF2I. The van der Waals surface area contributed by atoms with E-state index in [4.69, 9.17) is 11.6 Å². The van der Waals surface area contributed by atoms with Crippen molar-refractivity contribution >= 4 is 34.2 Å². The third-order valence-electron chi connectivity index (χ3n) is 1.20. The molecule has 1 rings (SSSR count). The number of hydrogen-bond donors (Lipinski definition) is 0. The van der Waals surface area contributed by atoms with Crippen LogP contribution in [0.15, 0.2) is 18.2 Å². The minimum absolute atomic E-state index is 0.0370. The highest BCUT2D eigenvalue weighted by atomic mass is 127. The van der Waals surface area contributed by atoms with Crippen molar-refractivity contribution in [3.8, 4) is 0 Å². The highest BCUT2D eigenvalue weighted by Crippen LogP contribution is 2.26. The molecule has 60 valence electrons. The highest BCUT2D eigenvalue weighted by Gasteiger charge is 2.10. The summed E-state index contributed by atoms with van der Waals surface area (Å²) in [5.74, 6) is 0. The average molecular weight is 288 g/mol. The van der Waals surface area contributed by atoms with Crippen molar-refractivity contribution in [1.29, 1.82) is 0 Å². The largest absolute Gasteiger partial charge is 0.264 e. The Labute approximate surface area is 81.7 Å². The van der Waals surface area contributed by atoms with Gasteiger partial charge in [-0.3, -0.25) is 0 Å². The standard InChI is InChI=1S/C7H4ClF2I/c8-4-1-2-5(7(9)10)6(11)3-4/h1-3,7H. The van der Waals surface area contributed by atoms with E-state index in [9.17, 15) is 8.78 Å². The van der Waals surface area contributed by atoms with Gasteiger partial charge in [0, 0.05) is 14.2 Å². The van der Waals surface area contributed by atoms with E-state index in [1.807, 2.05) is 22.6 Å². The lowest BCUT2D eigenvalue weighted by molar-refractivity contribution is 0.150. The van der Waals surface area contributed by atoms with Gasteiger partial charge < -0.3 is 0 Å². The predicted molar refractivity (Wildman–Crippen MR) is 49.1 cm³/mol. The first-order chi connectivity index (χ1) is 5.11. The predicted octanol–water partition coefficient (Wildman–Crippen LogP) is 3.88. The molecular weight excluding hydrogens is 284 g/mol. The molecule has 0 bridgehead atoms. The van der Waals surface area contributed by atoms with Gasteiger partial charge in [-0.2, -0.15) is 0 Å². The molecule has 0 spiro atoms. The van der Waals surface area contributed by atoms with Crippen LogP contribution in [-0.2, 0) is 0 Å². The van der Waals surface area contributed by atoms with Crippen molar-refractivity contribution in [3.05, 3.63) is 32.4 Å². The molecule has 0 radical (unpaired) electrons. The Bertz CT molecular complexity index is 263. The molecule has 0 fully saturated rings. The summed E-state index contributed by atoms with van der Waals surface area (Å²) in [6.07, 6.45) is -2.42. The zero-order chi connectivity index (χ0) is 8.43. The summed E-state index contributed by atoms with van der Waals surface area (Å²) in [7, 11) is 0. The van der Waals surface area contributed by atoms with Gasteiger partial charge in [-0.1, -0.05) is 17.7 Å². The first-order valence-electron chi connectivity index (χ1n) is 2.84. The maximum atomic E-state index is 12.1. The van der Waals surface area contributed by atoms with E-state index in [2.05, 4.69) is 0 Å². The van der Waals surface area contributed by atoms with Gasteiger partial charge >= 0.3 is 0 Å². The maximum Gasteiger partial charge on any atom is 0.264 e. The first kappa shape index (κ1) is 9.19. The fourth-order valence-electron chi connectivity index (χ4n) is 0.678. The molecule has 11 heavy (non-hydrogen) atoms. The Hall–Kier alpha value is 0.100. The van der Waals surface area contributed by atoms with E-state index < -0.39 is 6.43 Å². The second kappa shape index (κ2) is 3.67. The second-order valence-electron chi connectivity index (χ2n) is 1.97. The Morgan fingerprint density at radius 2 is 2.00 bits per heavy atom. The summed E-state index contributed by atoms with van der Waals surface area (Å²) in [6, 6.07) is 4.32. The third-order valence-corrected chi connectivity index (χ3v) is 2.37. The van der Waals surface area contributed by atoms with Gasteiger partial charge in [-0.05, 0) is 34.7 Å². The van der Waals surface area contributed by atoms with Crippen LogP contribution in [0.3, 0.4) is 0 Å². The Morgan fingerprint density at radius 3 is 2.45 bits per heavy atom. The van der Waals surface area contributed by atoms with Crippen LogP contribution in [0.5, 0.6) is 0 Å². The molecule has 0 aliphatic carbocycles. The van der Waals surface area contributed by atoms with Crippen LogP contribution in [0.4, 0.5) is 8.78 Å². The van der Waals surface area contributed by atoms with Gasteiger partial charge in [-0.25, -0.2) is 8.78 Å². The Morgan fingerprint density at radius 1 is 1.36 bits per heavy atom. The summed E-state index contributed by atoms with van der Waals surface area (Å²) in [5.41, 5.74) is 0.0370. The fraction of sp³-hybridized carbons (Fsp3) is 0.143. The maximum absolute atomic E-state index is 12.1. The highest BCUT2D eigenvalue weighted by molar-refractivity contribution is 14.1. The van der Waals surface area contributed by atoms with Crippen molar-refractivity contribution in [2.24, 2.45) is 0 Å². The summed E-state index contributed by atoms with van der Waals surface area (Å²) in [6.45, 7) is 0. The summed E-state index contributed by atoms with van der Waals surface area (Å²) in [4.78, 5) is 0. The number of benzene rings is 1. The zero-order valence-corrected chi connectivity index (χ0v) is 8.23. The van der Waals surface area contributed by atoms with Crippen LogP contribution in [0.1, 0.15) is 12.0 Å². The van der Waals surface area contributed by atoms with Crippen LogP contribution in [-0.4, -0.2) is 0 Å².